The van der Waals surface area contributed by atoms with E-state index in [9.17, 15) is 23.4 Å². The van der Waals surface area contributed by atoms with Crippen LogP contribution in [0.3, 0.4) is 0 Å². The molecule has 4 nitrogen and oxygen atoms in total. The first-order valence-electron chi connectivity index (χ1n) is 10.6. The topological polar surface area (TPSA) is 52.9 Å². The molecule has 6 rings (SSSR count). The van der Waals surface area contributed by atoms with Gasteiger partial charge in [-0.25, -0.2) is 0 Å². The monoisotopic (exact) mass is 481 g/mol. The number of fused-ring (bicyclic) bond motifs is 6. The number of alkyl halides is 3. The number of anilines is 2. The van der Waals surface area contributed by atoms with Crippen LogP contribution >= 0.6 is 11.3 Å². The van der Waals surface area contributed by atoms with E-state index in [0.717, 1.165) is 45.5 Å². The maximum Gasteiger partial charge on any atom is 0.425 e. The molecule has 3 aromatic carbocycles. The van der Waals surface area contributed by atoms with E-state index in [0.29, 0.717) is 10.6 Å². The Morgan fingerprint density at radius 2 is 1.47 bits per heavy atom. The number of hydrogen-bond acceptors (Lipinski definition) is 5. The first-order chi connectivity index (χ1) is 16.3. The minimum atomic E-state index is -4.37. The largest absolute Gasteiger partial charge is 0.504 e. The Morgan fingerprint density at radius 1 is 0.853 bits per heavy atom. The predicted molar refractivity (Wildman–Crippen MR) is 123 cm³/mol. The highest BCUT2D eigenvalue weighted by atomic mass is 32.1. The summed E-state index contributed by atoms with van der Waals surface area (Å²) in [6, 6.07) is 21.1. The van der Waals surface area contributed by atoms with Gasteiger partial charge in [0.2, 0.25) is 0 Å². The highest BCUT2D eigenvalue weighted by Gasteiger charge is 2.50. The van der Waals surface area contributed by atoms with Crippen LogP contribution in [0.25, 0.3) is 0 Å². The van der Waals surface area contributed by atoms with Crippen molar-refractivity contribution < 1.29 is 28.1 Å². The van der Waals surface area contributed by atoms with E-state index in [1.807, 2.05) is 53.4 Å². The Hall–Kier alpha value is -3.65. The molecule has 0 amide bonds. The lowest BCUT2D eigenvalue weighted by atomic mass is 9.67. The summed E-state index contributed by atoms with van der Waals surface area (Å²) in [6.45, 7) is 0.545. The molecule has 34 heavy (non-hydrogen) atoms. The quantitative estimate of drug-likeness (QED) is 0.319. The molecule has 2 aliphatic heterocycles. The van der Waals surface area contributed by atoms with Crippen molar-refractivity contribution in [2.45, 2.75) is 18.1 Å². The van der Waals surface area contributed by atoms with Crippen molar-refractivity contribution in [2.75, 3.05) is 11.5 Å². The van der Waals surface area contributed by atoms with E-state index < -0.39 is 16.5 Å². The van der Waals surface area contributed by atoms with Gasteiger partial charge in [0.1, 0.15) is 17.2 Å². The number of thiophene rings is 1. The number of para-hydroxylation sites is 2. The first-order valence-corrected chi connectivity index (χ1v) is 11.4. The fourth-order valence-electron chi connectivity index (χ4n) is 5.08. The van der Waals surface area contributed by atoms with Crippen LogP contribution in [0.2, 0.25) is 0 Å². The number of nitrogens with zero attached hydrogens (tertiary/aromatic N) is 1. The van der Waals surface area contributed by atoms with Gasteiger partial charge in [-0.15, -0.1) is 11.3 Å². The van der Waals surface area contributed by atoms with Crippen molar-refractivity contribution in [3.05, 3.63) is 99.2 Å². The third-order valence-corrected chi connectivity index (χ3v) is 7.66. The van der Waals surface area contributed by atoms with Gasteiger partial charge in [-0.1, -0.05) is 36.4 Å². The number of rotatable bonds is 2. The second kappa shape index (κ2) is 7.17. The number of phenolic OH excluding ortho intramolecular Hbond substituents is 2. The van der Waals surface area contributed by atoms with Crippen molar-refractivity contribution in [3.8, 4) is 17.2 Å². The van der Waals surface area contributed by atoms with Gasteiger partial charge in [0, 0.05) is 27.9 Å². The molecular weight excluding hydrogens is 463 g/mol. The lowest BCUT2D eigenvalue weighted by Crippen LogP contribution is -2.39. The Kier molecular flexibility index (Phi) is 4.41. The Labute approximate surface area is 197 Å². The SMILES string of the molecule is Oc1cc2c(cc1O)C1(CO2)c2ccccc2N(Cc2ccc(C(F)(F)F)s2)c2ccccc21. The van der Waals surface area contributed by atoms with Crippen LogP contribution in [0.5, 0.6) is 17.2 Å². The van der Waals surface area contributed by atoms with E-state index in [2.05, 4.69) is 0 Å². The lowest BCUT2D eigenvalue weighted by molar-refractivity contribution is -0.134. The molecule has 2 N–H and O–H groups in total. The molecule has 0 bridgehead atoms. The smallest absolute Gasteiger partial charge is 0.425 e. The highest BCUT2D eigenvalue weighted by molar-refractivity contribution is 7.12. The molecule has 8 heteroatoms. The minimum Gasteiger partial charge on any atom is -0.504 e. The van der Waals surface area contributed by atoms with Crippen molar-refractivity contribution >= 4 is 22.7 Å². The molecule has 1 spiro atoms. The van der Waals surface area contributed by atoms with Gasteiger partial charge >= 0.3 is 6.18 Å². The summed E-state index contributed by atoms with van der Waals surface area (Å²) in [7, 11) is 0. The zero-order valence-electron chi connectivity index (χ0n) is 17.6. The maximum atomic E-state index is 13.2. The maximum absolute atomic E-state index is 13.2. The molecule has 0 saturated carbocycles. The van der Waals surface area contributed by atoms with Crippen molar-refractivity contribution in [3.63, 3.8) is 0 Å². The Balaban J connectivity index is 1.55. The van der Waals surface area contributed by atoms with Gasteiger partial charge in [-0.2, -0.15) is 13.2 Å². The molecule has 0 saturated heterocycles. The summed E-state index contributed by atoms with van der Waals surface area (Å²) in [5, 5.41) is 20.3. The molecular formula is C26H18F3NO3S. The van der Waals surface area contributed by atoms with Gasteiger partial charge in [0.15, 0.2) is 11.5 Å². The van der Waals surface area contributed by atoms with Crippen LogP contribution in [-0.4, -0.2) is 16.8 Å². The van der Waals surface area contributed by atoms with Gasteiger partial charge in [0.05, 0.1) is 12.0 Å². The predicted octanol–water partition coefficient (Wildman–Crippen LogP) is 6.56. The van der Waals surface area contributed by atoms with E-state index in [1.165, 1.54) is 18.2 Å². The zero-order valence-corrected chi connectivity index (χ0v) is 18.5. The van der Waals surface area contributed by atoms with Crippen LogP contribution in [0.1, 0.15) is 26.4 Å². The molecule has 0 aliphatic carbocycles. The van der Waals surface area contributed by atoms with E-state index in [4.69, 9.17) is 4.74 Å². The first kappa shape index (κ1) is 20.9. The Bertz CT molecular complexity index is 1380. The summed E-state index contributed by atoms with van der Waals surface area (Å²) in [5.41, 5.74) is 3.55. The summed E-state index contributed by atoms with van der Waals surface area (Å²) in [4.78, 5) is 2.00. The fourth-order valence-corrected chi connectivity index (χ4v) is 5.94. The number of hydrogen-bond donors (Lipinski definition) is 2. The summed E-state index contributed by atoms with van der Waals surface area (Å²) in [5.74, 6) is -0.00585. The molecule has 2 aliphatic rings. The normalized spacial score (nSPS) is 15.6. The molecule has 0 fully saturated rings. The standard InChI is InChI=1S/C26H18F3NO3S/c27-26(28,29)24-10-9-15(34-24)13-30-19-7-3-1-5-16(19)25(17-6-2-4-8-20(17)30)14-33-23-12-22(32)21(31)11-18(23)25/h1-12,31-32H,13-14H2. The summed E-state index contributed by atoms with van der Waals surface area (Å²) >= 11 is 0.746. The number of phenols is 2. The molecule has 3 heterocycles. The van der Waals surface area contributed by atoms with Gasteiger partial charge in [0.25, 0.3) is 0 Å². The van der Waals surface area contributed by atoms with Crippen LogP contribution in [-0.2, 0) is 18.1 Å². The molecule has 4 aromatic rings. The number of halogens is 3. The number of benzene rings is 3. The lowest BCUT2D eigenvalue weighted by Gasteiger charge is -2.43. The second-order valence-electron chi connectivity index (χ2n) is 8.42. The highest BCUT2D eigenvalue weighted by Crippen LogP contribution is 2.58. The summed E-state index contributed by atoms with van der Waals surface area (Å²) < 4.78 is 45.6. The molecule has 0 radical (unpaired) electrons. The van der Waals surface area contributed by atoms with Gasteiger partial charge < -0.3 is 19.8 Å². The number of ether oxygens (including phenoxy) is 1. The molecule has 0 unspecified atom stereocenters. The summed E-state index contributed by atoms with van der Waals surface area (Å²) in [6.07, 6.45) is -4.37. The molecule has 1 aromatic heterocycles. The van der Waals surface area contributed by atoms with E-state index >= 15 is 0 Å². The molecule has 0 atom stereocenters. The van der Waals surface area contributed by atoms with Gasteiger partial charge in [-0.05, 0) is 41.5 Å². The fraction of sp³-hybridized carbons (Fsp3) is 0.154. The average molecular weight is 481 g/mol. The van der Waals surface area contributed by atoms with E-state index in [1.54, 1.807) is 0 Å². The van der Waals surface area contributed by atoms with Gasteiger partial charge in [-0.3, -0.25) is 0 Å². The Morgan fingerprint density at radius 3 is 2.09 bits per heavy atom. The van der Waals surface area contributed by atoms with Crippen molar-refractivity contribution in [2.24, 2.45) is 0 Å². The zero-order chi connectivity index (χ0) is 23.7. The van der Waals surface area contributed by atoms with Crippen molar-refractivity contribution in [1.82, 2.24) is 0 Å². The van der Waals surface area contributed by atoms with E-state index in [-0.39, 0.29) is 24.7 Å². The minimum absolute atomic E-state index is 0.237. The third kappa shape index (κ3) is 2.91. The van der Waals surface area contributed by atoms with Crippen molar-refractivity contribution in [1.29, 1.82) is 0 Å². The van der Waals surface area contributed by atoms with Crippen LogP contribution in [0.4, 0.5) is 24.5 Å². The number of aromatic hydroxyl groups is 2. The van der Waals surface area contributed by atoms with Crippen LogP contribution in [0.15, 0.2) is 72.8 Å². The molecule has 172 valence electrons. The third-order valence-electron chi connectivity index (χ3n) is 6.54. The van der Waals surface area contributed by atoms with Crippen LogP contribution in [0, 0.1) is 0 Å². The van der Waals surface area contributed by atoms with Crippen LogP contribution < -0.4 is 9.64 Å². The second-order valence-corrected chi connectivity index (χ2v) is 9.58. The average Bonchev–Trinajstić information content (AvgIpc) is 3.43.